The molecule has 8 heteroatoms. The summed E-state index contributed by atoms with van der Waals surface area (Å²) < 4.78 is 30.1. The maximum absolute atomic E-state index is 13.0. The van der Waals surface area contributed by atoms with E-state index in [0.29, 0.717) is 49.2 Å². The number of Topliss-reactive ketones (excluding diaryl/α,β-unsaturated/α-hetero) is 1. The van der Waals surface area contributed by atoms with Crippen LogP contribution in [0, 0.1) is 5.82 Å². The number of nitrogens with one attached hydrogen (secondary N) is 1. The molecule has 0 atom stereocenters. The van der Waals surface area contributed by atoms with E-state index in [0.717, 1.165) is 18.8 Å². The van der Waals surface area contributed by atoms with Crippen LogP contribution in [0.5, 0.6) is 11.5 Å². The fraction of sp³-hybridized carbons (Fsp3) is 0.417. The lowest BCUT2D eigenvalue weighted by molar-refractivity contribution is -0.116. The minimum Gasteiger partial charge on any atom is -0.492 e. The first kappa shape index (κ1) is 23.5. The van der Waals surface area contributed by atoms with E-state index in [9.17, 15) is 14.0 Å². The average molecular weight is 445 g/mol. The Labute approximate surface area is 187 Å². The number of benzene rings is 2. The van der Waals surface area contributed by atoms with Gasteiger partial charge in [-0.3, -0.25) is 9.59 Å². The van der Waals surface area contributed by atoms with E-state index in [1.807, 2.05) is 19.9 Å². The van der Waals surface area contributed by atoms with E-state index >= 15 is 0 Å². The summed E-state index contributed by atoms with van der Waals surface area (Å²) >= 11 is 0. The van der Waals surface area contributed by atoms with E-state index < -0.39 is 5.82 Å². The summed E-state index contributed by atoms with van der Waals surface area (Å²) in [5.41, 5.74) is 1.76. The van der Waals surface area contributed by atoms with Crippen LogP contribution in [-0.2, 0) is 9.53 Å². The Balaban J connectivity index is 1.73. The van der Waals surface area contributed by atoms with Crippen LogP contribution in [0.15, 0.2) is 36.4 Å². The molecule has 3 rings (SSSR count). The summed E-state index contributed by atoms with van der Waals surface area (Å²) in [6, 6.07) is 8.93. The highest BCUT2D eigenvalue weighted by atomic mass is 19.1. The van der Waals surface area contributed by atoms with Crippen LogP contribution in [0.25, 0.3) is 0 Å². The molecule has 1 amide bonds. The lowest BCUT2D eigenvalue weighted by Gasteiger charge is -2.31. The minimum atomic E-state index is -0.409. The molecule has 172 valence electrons. The maximum Gasteiger partial charge on any atom is 0.224 e. The monoisotopic (exact) mass is 444 g/mol. The molecule has 0 aliphatic carbocycles. The highest BCUT2D eigenvalue weighted by Crippen LogP contribution is 2.39. The van der Waals surface area contributed by atoms with Gasteiger partial charge < -0.3 is 24.4 Å². The zero-order valence-electron chi connectivity index (χ0n) is 18.5. The number of carbonyl (C=O) groups is 2. The van der Waals surface area contributed by atoms with Crippen LogP contribution in [0.4, 0.5) is 15.8 Å². The Bertz CT molecular complexity index is 927. The first-order valence-electron chi connectivity index (χ1n) is 10.9. The second-order valence-corrected chi connectivity index (χ2v) is 7.26. The molecule has 2 aromatic carbocycles. The van der Waals surface area contributed by atoms with E-state index in [-0.39, 0.29) is 24.5 Å². The number of carbonyl (C=O) groups excluding carboxylic acids is 2. The molecule has 1 fully saturated rings. The number of hydrogen-bond acceptors (Lipinski definition) is 6. The number of anilines is 2. The predicted molar refractivity (Wildman–Crippen MR) is 120 cm³/mol. The van der Waals surface area contributed by atoms with Crippen molar-refractivity contribution in [2.75, 3.05) is 49.7 Å². The molecule has 0 bridgehead atoms. The van der Waals surface area contributed by atoms with E-state index in [4.69, 9.17) is 14.2 Å². The molecule has 32 heavy (non-hydrogen) atoms. The summed E-state index contributed by atoms with van der Waals surface area (Å²) in [6.45, 7) is 7.43. The van der Waals surface area contributed by atoms with Gasteiger partial charge in [-0.1, -0.05) is 0 Å². The number of ether oxygens (including phenoxy) is 3. The second kappa shape index (κ2) is 11.5. The molecular weight excluding hydrogens is 415 g/mol. The molecular formula is C24H29FN2O5. The molecule has 1 heterocycles. The third-order valence-corrected chi connectivity index (χ3v) is 5.03. The van der Waals surface area contributed by atoms with Gasteiger partial charge in [-0.15, -0.1) is 0 Å². The summed E-state index contributed by atoms with van der Waals surface area (Å²) in [5, 5.41) is 2.84. The summed E-state index contributed by atoms with van der Waals surface area (Å²) in [5.74, 6) is 0.241. The second-order valence-electron chi connectivity index (χ2n) is 7.26. The molecule has 1 aliphatic heterocycles. The third-order valence-electron chi connectivity index (χ3n) is 5.03. The topological polar surface area (TPSA) is 77.1 Å². The van der Waals surface area contributed by atoms with E-state index in [1.54, 1.807) is 6.07 Å². The van der Waals surface area contributed by atoms with Crippen LogP contribution in [0.3, 0.4) is 0 Å². The Morgan fingerprint density at radius 2 is 1.66 bits per heavy atom. The zero-order valence-corrected chi connectivity index (χ0v) is 18.5. The number of rotatable bonds is 10. The molecule has 1 saturated heterocycles. The van der Waals surface area contributed by atoms with Crippen molar-refractivity contribution in [3.05, 3.63) is 47.8 Å². The molecule has 0 unspecified atom stereocenters. The quantitative estimate of drug-likeness (QED) is 0.557. The van der Waals surface area contributed by atoms with Crippen molar-refractivity contribution in [2.24, 2.45) is 0 Å². The Hall–Kier alpha value is -3.13. The summed E-state index contributed by atoms with van der Waals surface area (Å²) in [4.78, 5) is 27.0. The van der Waals surface area contributed by atoms with E-state index in [2.05, 4.69) is 10.2 Å². The fourth-order valence-corrected chi connectivity index (χ4v) is 3.46. The van der Waals surface area contributed by atoms with Gasteiger partial charge in [-0.25, -0.2) is 4.39 Å². The van der Waals surface area contributed by atoms with Crippen molar-refractivity contribution >= 4 is 23.1 Å². The van der Waals surface area contributed by atoms with Crippen LogP contribution in [0.2, 0.25) is 0 Å². The standard InChI is InChI=1S/C24H29FN2O5/c1-3-31-22-16-20(27-11-13-30-14-12-27)23(32-4-2)15-19(22)26-24(29)10-9-21(28)17-5-7-18(25)8-6-17/h5-8,15-16H,3-4,9-14H2,1-2H3,(H,26,29). The Morgan fingerprint density at radius 3 is 2.31 bits per heavy atom. The molecule has 0 saturated carbocycles. The van der Waals surface area contributed by atoms with Crippen LogP contribution >= 0.6 is 0 Å². The zero-order chi connectivity index (χ0) is 22.9. The first-order valence-corrected chi connectivity index (χ1v) is 10.9. The van der Waals surface area contributed by atoms with Gasteiger partial charge in [-0.2, -0.15) is 0 Å². The van der Waals surface area contributed by atoms with Gasteiger partial charge in [0.2, 0.25) is 5.91 Å². The van der Waals surface area contributed by atoms with Crippen molar-refractivity contribution in [1.29, 1.82) is 0 Å². The van der Waals surface area contributed by atoms with E-state index in [1.165, 1.54) is 24.3 Å². The first-order chi connectivity index (χ1) is 15.5. The van der Waals surface area contributed by atoms with Gasteiger partial charge in [0.15, 0.2) is 5.78 Å². The SMILES string of the molecule is CCOc1cc(N2CCOCC2)c(OCC)cc1NC(=O)CCC(=O)c1ccc(F)cc1. The number of morpholine rings is 1. The van der Waals surface area contributed by atoms with Gasteiger partial charge in [0, 0.05) is 43.6 Å². The number of halogens is 1. The van der Waals surface area contributed by atoms with Crippen LogP contribution in [-0.4, -0.2) is 51.2 Å². The lowest BCUT2D eigenvalue weighted by atomic mass is 10.1. The van der Waals surface area contributed by atoms with Crippen molar-refractivity contribution < 1.29 is 28.2 Å². The largest absolute Gasteiger partial charge is 0.492 e. The number of nitrogens with zero attached hydrogens (tertiary/aromatic N) is 1. The van der Waals surface area contributed by atoms with Crippen molar-refractivity contribution in [2.45, 2.75) is 26.7 Å². The summed E-state index contributed by atoms with van der Waals surface area (Å²) in [7, 11) is 0. The molecule has 7 nitrogen and oxygen atoms in total. The van der Waals surface area contributed by atoms with Gasteiger partial charge in [0.1, 0.15) is 17.3 Å². The number of amides is 1. The van der Waals surface area contributed by atoms with Crippen molar-refractivity contribution in [3.8, 4) is 11.5 Å². The lowest BCUT2D eigenvalue weighted by Crippen LogP contribution is -2.36. The van der Waals surface area contributed by atoms with Gasteiger partial charge in [0.05, 0.1) is 37.8 Å². The number of hydrogen-bond donors (Lipinski definition) is 1. The van der Waals surface area contributed by atoms with Crippen molar-refractivity contribution in [1.82, 2.24) is 0 Å². The molecule has 0 spiro atoms. The molecule has 1 aliphatic rings. The molecule has 0 radical (unpaired) electrons. The normalized spacial score (nSPS) is 13.5. The number of ketones is 1. The smallest absolute Gasteiger partial charge is 0.224 e. The summed E-state index contributed by atoms with van der Waals surface area (Å²) in [6.07, 6.45) is 0.0164. The molecule has 1 N–H and O–H groups in total. The average Bonchev–Trinajstić information content (AvgIpc) is 2.80. The van der Waals surface area contributed by atoms with Gasteiger partial charge in [-0.05, 0) is 38.1 Å². The minimum absolute atomic E-state index is 0.00302. The Morgan fingerprint density at radius 1 is 1.00 bits per heavy atom. The Kier molecular flexibility index (Phi) is 8.44. The molecule has 0 aromatic heterocycles. The highest BCUT2D eigenvalue weighted by molar-refractivity contribution is 6.00. The van der Waals surface area contributed by atoms with Crippen molar-refractivity contribution in [3.63, 3.8) is 0 Å². The highest BCUT2D eigenvalue weighted by Gasteiger charge is 2.20. The third kappa shape index (κ3) is 6.20. The van der Waals surface area contributed by atoms with Crippen LogP contribution in [0.1, 0.15) is 37.0 Å². The fourth-order valence-electron chi connectivity index (χ4n) is 3.46. The maximum atomic E-state index is 13.0. The molecule has 2 aromatic rings. The van der Waals surface area contributed by atoms with Gasteiger partial charge >= 0.3 is 0 Å². The predicted octanol–water partition coefficient (Wildman–Crippen LogP) is 4.06. The van der Waals surface area contributed by atoms with Crippen LogP contribution < -0.4 is 19.7 Å². The van der Waals surface area contributed by atoms with Gasteiger partial charge in [0.25, 0.3) is 0 Å².